The van der Waals surface area contributed by atoms with Crippen molar-refractivity contribution in [3.8, 4) is 11.3 Å². The molecule has 0 fully saturated rings. The van der Waals surface area contributed by atoms with Crippen LogP contribution in [0.15, 0.2) is 42.9 Å². The van der Waals surface area contributed by atoms with Crippen molar-refractivity contribution in [2.24, 2.45) is 0 Å². The third-order valence-electron chi connectivity index (χ3n) is 3.49. The second-order valence-corrected chi connectivity index (χ2v) is 5.80. The Balaban J connectivity index is 1.85. The average Bonchev–Trinajstić information content (AvgIpc) is 3.04. The minimum atomic E-state index is -0.980. The third kappa shape index (κ3) is 3.95. The number of carbonyl (C=O) groups is 1. The molecule has 0 unspecified atom stereocenters. The smallest absolute Gasteiger partial charge is 0.335 e. The lowest BCUT2D eigenvalue weighted by molar-refractivity contribution is 0.0697. The van der Waals surface area contributed by atoms with Gasteiger partial charge in [0.2, 0.25) is 5.95 Å². The molecule has 0 aliphatic heterocycles. The molecule has 0 aliphatic carbocycles. The Hall–Kier alpha value is -2.93. The second kappa shape index (κ2) is 7.31. The van der Waals surface area contributed by atoms with E-state index in [-0.39, 0.29) is 5.56 Å². The van der Waals surface area contributed by atoms with Crippen LogP contribution in [0.2, 0.25) is 5.02 Å². The van der Waals surface area contributed by atoms with Crippen LogP contribution in [0.25, 0.3) is 11.3 Å². The van der Waals surface area contributed by atoms with Crippen molar-refractivity contribution in [3.63, 3.8) is 0 Å². The van der Waals surface area contributed by atoms with Crippen molar-refractivity contribution in [2.75, 3.05) is 5.32 Å². The van der Waals surface area contributed by atoms with Crippen LogP contribution in [0.1, 0.15) is 23.7 Å². The standard InChI is InChI=1S/C17H16ClN5O2/c1-2-7-23-10-13(8-20-23)21-17-19-9-14(18)15(22-17)11-3-5-12(6-4-11)16(24)25/h3-6,8-10H,2,7H2,1H3,(H,24,25)(H,19,21,22). The van der Waals surface area contributed by atoms with E-state index in [1.165, 1.54) is 18.3 Å². The van der Waals surface area contributed by atoms with E-state index in [9.17, 15) is 4.79 Å². The zero-order valence-corrected chi connectivity index (χ0v) is 14.2. The van der Waals surface area contributed by atoms with Crippen LogP contribution in [-0.2, 0) is 6.54 Å². The molecule has 0 saturated heterocycles. The van der Waals surface area contributed by atoms with Gasteiger partial charge in [-0.15, -0.1) is 0 Å². The van der Waals surface area contributed by atoms with Gasteiger partial charge >= 0.3 is 5.97 Å². The largest absolute Gasteiger partial charge is 0.478 e. The number of halogens is 1. The molecular weight excluding hydrogens is 342 g/mol. The number of aromatic nitrogens is 4. The van der Waals surface area contributed by atoms with Crippen molar-refractivity contribution in [1.29, 1.82) is 0 Å². The third-order valence-corrected chi connectivity index (χ3v) is 3.77. The summed E-state index contributed by atoms with van der Waals surface area (Å²) in [5, 5.41) is 16.7. The monoisotopic (exact) mass is 357 g/mol. The van der Waals surface area contributed by atoms with Gasteiger partial charge in [-0.1, -0.05) is 30.7 Å². The number of carboxylic acid groups (broad SMARTS) is 1. The Morgan fingerprint density at radius 1 is 1.28 bits per heavy atom. The van der Waals surface area contributed by atoms with Gasteiger partial charge in [0.15, 0.2) is 0 Å². The lowest BCUT2D eigenvalue weighted by Gasteiger charge is -2.07. The number of rotatable bonds is 6. The van der Waals surface area contributed by atoms with Crippen molar-refractivity contribution in [2.45, 2.75) is 19.9 Å². The highest BCUT2D eigenvalue weighted by Crippen LogP contribution is 2.27. The molecule has 25 heavy (non-hydrogen) atoms. The molecule has 0 saturated carbocycles. The molecule has 0 amide bonds. The van der Waals surface area contributed by atoms with Gasteiger partial charge in [-0.2, -0.15) is 5.10 Å². The summed E-state index contributed by atoms with van der Waals surface area (Å²) in [6.45, 7) is 2.92. The predicted molar refractivity (Wildman–Crippen MR) is 95.2 cm³/mol. The molecule has 7 nitrogen and oxygen atoms in total. The zero-order chi connectivity index (χ0) is 17.8. The number of carboxylic acids is 1. The maximum atomic E-state index is 11.0. The van der Waals surface area contributed by atoms with Gasteiger partial charge in [-0.3, -0.25) is 4.68 Å². The fourth-order valence-corrected chi connectivity index (χ4v) is 2.51. The van der Waals surface area contributed by atoms with Crippen LogP contribution < -0.4 is 5.32 Å². The zero-order valence-electron chi connectivity index (χ0n) is 13.5. The van der Waals surface area contributed by atoms with E-state index in [1.807, 2.05) is 10.9 Å². The van der Waals surface area contributed by atoms with Gasteiger partial charge < -0.3 is 10.4 Å². The number of aromatic carboxylic acids is 1. The maximum absolute atomic E-state index is 11.0. The van der Waals surface area contributed by atoms with Crippen molar-refractivity contribution in [1.82, 2.24) is 19.7 Å². The van der Waals surface area contributed by atoms with Gasteiger partial charge in [-0.05, 0) is 18.6 Å². The molecule has 2 heterocycles. The van der Waals surface area contributed by atoms with E-state index in [0.717, 1.165) is 18.7 Å². The topological polar surface area (TPSA) is 92.9 Å². The molecule has 1 aromatic carbocycles. The first-order chi connectivity index (χ1) is 12.1. The van der Waals surface area contributed by atoms with Gasteiger partial charge in [0.25, 0.3) is 0 Å². The molecular formula is C17H16ClN5O2. The number of nitrogens with zero attached hydrogens (tertiary/aromatic N) is 4. The Bertz CT molecular complexity index is 892. The van der Waals surface area contributed by atoms with Crippen LogP contribution in [0.5, 0.6) is 0 Å². The Morgan fingerprint density at radius 2 is 2.04 bits per heavy atom. The molecule has 3 rings (SSSR count). The number of benzene rings is 1. The normalized spacial score (nSPS) is 10.6. The lowest BCUT2D eigenvalue weighted by Crippen LogP contribution is -1.99. The predicted octanol–water partition coefficient (Wildman–Crippen LogP) is 3.85. The molecule has 0 bridgehead atoms. The number of hydrogen-bond donors (Lipinski definition) is 2. The number of aryl methyl sites for hydroxylation is 1. The number of nitrogens with one attached hydrogen (secondary N) is 1. The summed E-state index contributed by atoms with van der Waals surface area (Å²) in [5.41, 5.74) is 2.22. The first kappa shape index (κ1) is 16.9. The van der Waals surface area contributed by atoms with Crippen LogP contribution >= 0.6 is 11.6 Å². The highest BCUT2D eigenvalue weighted by Gasteiger charge is 2.10. The first-order valence-electron chi connectivity index (χ1n) is 7.72. The number of hydrogen-bond acceptors (Lipinski definition) is 5. The van der Waals surface area contributed by atoms with Crippen molar-refractivity contribution in [3.05, 3.63) is 53.4 Å². The summed E-state index contributed by atoms with van der Waals surface area (Å²) in [5.74, 6) is -0.593. The van der Waals surface area contributed by atoms with E-state index in [2.05, 4.69) is 27.3 Å². The minimum Gasteiger partial charge on any atom is -0.478 e. The Kier molecular flexibility index (Phi) is 4.95. The summed E-state index contributed by atoms with van der Waals surface area (Å²) in [7, 11) is 0. The van der Waals surface area contributed by atoms with E-state index < -0.39 is 5.97 Å². The van der Waals surface area contributed by atoms with Crippen LogP contribution in [-0.4, -0.2) is 30.8 Å². The van der Waals surface area contributed by atoms with E-state index in [0.29, 0.717) is 22.2 Å². The van der Waals surface area contributed by atoms with Crippen LogP contribution in [0, 0.1) is 0 Å². The van der Waals surface area contributed by atoms with E-state index in [1.54, 1.807) is 18.3 Å². The molecule has 3 aromatic rings. The van der Waals surface area contributed by atoms with E-state index in [4.69, 9.17) is 16.7 Å². The van der Waals surface area contributed by atoms with Gasteiger partial charge in [0, 0.05) is 18.3 Å². The SMILES string of the molecule is CCCn1cc(Nc2ncc(Cl)c(-c3ccc(C(=O)O)cc3)n2)cn1. The van der Waals surface area contributed by atoms with Crippen molar-refractivity contribution < 1.29 is 9.90 Å². The van der Waals surface area contributed by atoms with Gasteiger partial charge in [-0.25, -0.2) is 14.8 Å². The Morgan fingerprint density at radius 3 is 2.72 bits per heavy atom. The number of anilines is 2. The van der Waals surface area contributed by atoms with Crippen molar-refractivity contribution >= 4 is 29.2 Å². The summed E-state index contributed by atoms with van der Waals surface area (Å²) in [6.07, 6.45) is 6.08. The molecule has 8 heteroatoms. The fourth-order valence-electron chi connectivity index (χ4n) is 2.31. The second-order valence-electron chi connectivity index (χ2n) is 5.39. The summed E-state index contributed by atoms with van der Waals surface area (Å²) in [4.78, 5) is 19.6. The molecule has 0 spiro atoms. The first-order valence-corrected chi connectivity index (χ1v) is 8.10. The van der Waals surface area contributed by atoms with Crippen LogP contribution in [0.4, 0.5) is 11.6 Å². The summed E-state index contributed by atoms with van der Waals surface area (Å²) < 4.78 is 1.84. The van der Waals surface area contributed by atoms with Crippen LogP contribution in [0.3, 0.4) is 0 Å². The molecule has 0 aliphatic rings. The maximum Gasteiger partial charge on any atom is 0.335 e. The molecule has 0 radical (unpaired) electrons. The molecule has 0 atom stereocenters. The van der Waals surface area contributed by atoms with Gasteiger partial charge in [0.05, 0.1) is 34.4 Å². The Labute approximate surface area is 149 Å². The van der Waals surface area contributed by atoms with E-state index >= 15 is 0 Å². The summed E-state index contributed by atoms with van der Waals surface area (Å²) >= 11 is 6.20. The highest BCUT2D eigenvalue weighted by molar-refractivity contribution is 6.32. The average molecular weight is 358 g/mol. The quantitative estimate of drug-likeness (QED) is 0.696. The molecule has 2 aromatic heterocycles. The molecule has 2 N–H and O–H groups in total. The lowest BCUT2D eigenvalue weighted by atomic mass is 10.1. The fraction of sp³-hybridized carbons (Fsp3) is 0.176. The minimum absolute atomic E-state index is 0.204. The highest BCUT2D eigenvalue weighted by atomic mass is 35.5. The molecule has 128 valence electrons. The van der Waals surface area contributed by atoms with Gasteiger partial charge in [0.1, 0.15) is 0 Å². The summed E-state index contributed by atoms with van der Waals surface area (Å²) in [6, 6.07) is 6.36.